The number of piperidine rings is 1. The van der Waals surface area contributed by atoms with Crippen LogP contribution in [0.5, 0.6) is 5.75 Å². The molecule has 1 fully saturated rings. The standard InChI is InChI=1S/C15H20F2N2O2.ClH/c1-10-8-12(6-7-18-10)19-14(20)9-11-4-2-3-5-13(11)21-15(16)17;/h2-5,10,12,15,18H,6-9H2,1H3,(H,19,20);1H. The minimum Gasteiger partial charge on any atom is -0.435 e. The van der Waals surface area contributed by atoms with Crippen LogP contribution in [0.4, 0.5) is 8.78 Å². The molecule has 0 spiro atoms. The van der Waals surface area contributed by atoms with E-state index in [4.69, 9.17) is 0 Å². The van der Waals surface area contributed by atoms with Gasteiger partial charge in [-0.25, -0.2) is 0 Å². The van der Waals surface area contributed by atoms with E-state index in [1.807, 2.05) is 0 Å². The molecule has 1 heterocycles. The largest absolute Gasteiger partial charge is 0.435 e. The minimum absolute atomic E-state index is 0. The number of halogens is 3. The van der Waals surface area contributed by atoms with Gasteiger partial charge in [0.15, 0.2) is 0 Å². The van der Waals surface area contributed by atoms with Crippen molar-refractivity contribution in [2.24, 2.45) is 0 Å². The molecule has 22 heavy (non-hydrogen) atoms. The number of carbonyl (C=O) groups excluding carboxylic acids is 1. The zero-order valence-corrected chi connectivity index (χ0v) is 13.2. The van der Waals surface area contributed by atoms with Crippen molar-refractivity contribution in [2.45, 2.75) is 44.9 Å². The number of para-hydroxylation sites is 1. The van der Waals surface area contributed by atoms with Crippen molar-refractivity contribution >= 4 is 18.3 Å². The summed E-state index contributed by atoms with van der Waals surface area (Å²) in [5.41, 5.74) is 0.470. The molecule has 1 aliphatic rings. The molecule has 1 aromatic rings. The molecule has 1 amide bonds. The lowest BCUT2D eigenvalue weighted by Gasteiger charge is -2.28. The number of hydrogen-bond acceptors (Lipinski definition) is 3. The Labute approximate surface area is 135 Å². The molecule has 1 saturated heterocycles. The summed E-state index contributed by atoms with van der Waals surface area (Å²) in [7, 11) is 0. The molecule has 2 rings (SSSR count). The number of benzene rings is 1. The van der Waals surface area contributed by atoms with Crippen LogP contribution in [0, 0.1) is 0 Å². The zero-order valence-electron chi connectivity index (χ0n) is 12.4. The third-order valence-corrected chi connectivity index (χ3v) is 3.53. The van der Waals surface area contributed by atoms with Gasteiger partial charge in [-0.3, -0.25) is 4.79 Å². The normalized spacial score (nSPS) is 21.1. The Hall–Kier alpha value is -1.40. The summed E-state index contributed by atoms with van der Waals surface area (Å²) in [6.45, 7) is 0.0564. The van der Waals surface area contributed by atoms with Crippen molar-refractivity contribution in [2.75, 3.05) is 6.54 Å². The highest BCUT2D eigenvalue weighted by molar-refractivity contribution is 5.85. The monoisotopic (exact) mass is 334 g/mol. The summed E-state index contributed by atoms with van der Waals surface area (Å²) in [6.07, 6.45) is 1.80. The van der Waals surface area contributed by atoms with E-state index in [-0.39, 0.29) is 36.5 Å². The van der Waals surface area contributed by atoms with E-state index in [0.717, 1.165) is 19.4 Å². The predicted molar refractivity (Wildman–Crippen MR) is 82.7 cm³/mol. The Morgan fingerprint density at radius 1 is 1.45 bits per heavy atom. The van der Waals surface area contributed by atoms with Crippen LogP contribution in [-0.2, 0) is 11.2 Å². The van der Waals surface area contributed by atoms with Gasteiger partial charge in [-0.2, -0.15) is 8.78 Å². The van der Waals surface area contributed by atoms with Crippen molar-refractivity contribution in [3.8, 4) is 5.75 Å². The average molecular weight is 335 g/mol. The van der Waals surface area contributed by atoms with Crippen LogP contribution in [0.15, 0.2) is 24.3 Å². The molecular weight excluding hydrogens is 314 g/mol. The van der Waals surface area contributed by atoms with Crippen LogP contribution < -0.4 is 15.4 Å². The fourth-order valence-corrected chi connectivity index (χ4v) is 2.58. The fourth-order valence-electron chi connectivity index (χ4n) is 2.58. The average Bonchev–Trinajstić information content (AvgIpc) is 2.40. The van der Waals surface area contributed by atoms with Gasteiger partial charge in [0.05, 0.1) is 6.42 Å². The second kappa shape index (κ2) is 8.90. The van der Waals surface area contributed by atoms with Gasteiger partial charge in [0.25, 0.3) is 0 Å². The lowest BCUT2D eigenvalue weighted by atomic mass is 10.00. The van der Waals surface area contributed by atoms with Gasteiger partial charge in [-0.1, -0.05) is 18.2 Å². The van der Waals surface area contributed by atoms with Crippen LogP contribution >= 0.6 is 12.4 Å². The molecule has 0 aromatic heterocycles. The lowest BCUT2D eigenvalue weighted by molar-refractivity contribution is -0.121. The van der Waals surface area contributed by atoms with E-state index in [2.05, 4.69) is 22.3 Å². The van der Waals surface area contributed by atoms with Crippen LogP contribution in [0.3, 0.4) is 0 Å². The first-order valence-corrected chi connectivity index (χ1v) is 7.10. The lowest BCUT2D eigenvalue weighted by Crippen LogP contribution is -2.46. The van der Waals surface area contributed by atoms with E-state index >= 15 is 0 Å². The summed E-state index contributed by atoms with van der Waals surface area (Å²) in [4.78, 5) is 12.1. The first-order chi connectivity index (χ1) is 10.0. The second-order valence-electron chi connectivity index (χ2n) is 5.31. The van der Waals surface area contributed by atoms with Crippen LogP contribution in [0.2, 0.25) is 0 Å². The molecule has 2 atom stereocenters. The van der Waals surface area contributed by atoms with Gasteiger partial charge >= 0.3 is 6.61 Å². The molecule has 0 radical (unpaired) electrons. The second-order valence-corrected chi connectivity index (χ2v) is 5.31. The first kappa shape index (κ1) is 18.6. The number of hydrogen-bond donors (Lipinski definition) is 2. The Morgan fingerprint density at radius 2 is 2.18 bits per heavy atom. The van der Waals surface area contributed by atoms with Crippen LogP contribution in [-0.4, -0.2) is 31.1 Å². The smallest absolute Gasteiger partial charge is 0.387 e. The van der Waals surface area contributed by atoms with Crippen molar-refractivity contribution in [1.82, 2.24) is 10.6 Å². The first-order valence-electron chi connectivity index (χ1n) is 7.10. The van der Waals surface area contributed by atoms with Crippen molar-refractivity contribution in [3.63, 3.8) is 0 Å². The van der Waals surface area contributed by atoms with Crippen LogP contribution in [0.1, 0.15) is 25.3 Å². The number of amides is 1. The fraction of sp³-hybridized carbons (Fsp3) is 0.533. The summed E-state index contributed by atoms with van der Waals surface area (Å²) in [6, 6.07) is 6.89. The maximum atomic E-state index is 12.3. The quantitative estimate of drug-likeness (QED) is 0.870. The maximum Gasteiger partial charge on any atom is 0.387 e. The Balaban J connectivity index is 0.00000242. The summed E-state index contributed by atoms with van der Waals surface area (Å²) < 4.78 is 29.1. The van der Waals surface area contributed by atoms with Crippen LogP contribution in [0.25, 0.3) is 0 Å². The highest BCUT2D eigenvalue weighted by atomic mass is 35.5. The van der Waals surface area contributed by atoms with Gasteiger partial charge in [-0.05, 0) is 32.4 Å². The van der Waals surface area contributed by atoms with E-state index in [1.54, 1.807) is 18.2 Å². The molecule has 4 nitrogen and oxygen atoms in total. The zero-order chi connectivity index (χ0) is 15.2. The van der Waals surface area contributed by atoms with Crippen molar-refractivity contribution in [1.29, 1.82) is 0 Å². The van der Waals surface area contributed by atoms with Gasteiger partial charge < -0.3 is 15.4 Å². The summed E-state index contributed by atoms with van der Waals surface area (Å²) in [5, 5.41) is 6.27. The maximum absolute atomic E-state index is 12.3. The van der Waals surface area contributed by atoms with Gasteiger partial charge in [0.1, 0.15) is 5.75 Å². The van der Waals surface area contributed by atoms with E-state index in [0.29, 0.717) is 11.6 Å². The van der Waals surface area contributed by atoms with Gasteiger partial charge in [0, 0.05) is 17.6 Å². The number of nitrogens with one attached hydrogen (secondary N) is 2. The van der Waals surface area contributed by atoms with E-state index in [9.17, 15) is 13.6 Å². The minimum atomic E-state index is -2.89. The van der Waals surface area contributed by atoms with Crippen molar-refractivity contribution in [3.05, 3.63) is 29.8 Å². The highest BCUT2D eigenvalue weighted by Crippen LogP contribution is 2.21. The predicted octanol–water partition coefficient (Wildman–Crippen LogP) is 2.51. The SMILES string of the molecule is CC1CC(NC(=O)Cc2ccccc2OC(F)F)CCN1.Cl. The molecule has 2 unspecified atom stereocenters. The summed E-state index contributed by atoms with van der Waals surface area (Å²) in [5.74, 6) is -0.110. The topological polar surface area (TPSA) is 50.4 Å². The Morgan fingerprint density at radius 3 is 2.86 bits per heavy atom. The third-order valence-electron chi connectivity index (χ3n) is 3.53. The number of rotatable bonds is 5. The van der Waals surface area contributed by atoms with Gasteiger partial charge in [-0.15, -0.1) is 12.4 Å². The molecule has 1 aliphatic heterocycles. The highest BCUT2D eigenvalue weighted by Gasteiger charge is 2.20. The molecule has 7 heteroatoms. The molecule has 0 saturated carbocycles. The number of ether oxygens (including phenoxy) is 1. The summed E-state index contributed by atoms with van der Waals surface area (Å²) >= 11 is 0. The molecule has 0 bridgehead atoms. The molecule has 2 N–H and O–H groups in total. The molecule has 1 aromatic carbocycles. The van der Waals surface area contributed by atoms with E-state index in [1.165, 1.54) is 6.07 Å². The Kier molecular flexibility index (Phi) is 7.55. The van der Waals surface area contributed by atoms with Gasteiger partial charge in [0.2, 0.25) is 5.91 Å². The van der Waals surface area contributed by atoms with Crippen molar-refractivity contribution < 1.29 is 18.3 Å². The molecular formula is C15H21ClF2N2O2. The number of carbonyl (C=O) groups is 1. The molecule has 0 aliphatic carbocycles. The third kappa shape index (κ3) is 5.77. The number of alkyl halides is 2. The molecule has 124 valence electrons. The van der Waals surface area contributed by atoms with E-state index < -0.39 is 6.61 Å². The Bertz CT molecular complexity index is 488.